The van der Waals surface area contributed by atoms with Crippen LogP contribution in [0.5, 0.6) is 0 Å². The molecule has 0 amide bonds. The van der Waals surface area contributed by atoms with Crippen molar-refractivity contribution in [1.82, 2.24) is 29.5 Å². The van der Waals surface area contributed by atoms with E-state index in [-0.39, 0.29) is 6.04 Å². The van der Waals surface area contributed by atoms with Gasteiger partial charge in [-0.1, -0.05) is 18.3 Å². The standard InChI is InChI=1S/C28H35N9OS/c1-17-13-19(17)21-5-3-6-22(36(21)27-26-28(30-16-29-27)39-18(2)31-26)20-14-24-32-23(34-7-4-8-34)15-25(37(24)33-20)35-9-11-38-12-10-35/h14-17,19,21-22H,3-13H2,1-2H3/t17?,19-,21?,22?/m0/s1. The van der Waals surface area contributed by atoms with E-state index in [1.165, 1.54) is 25.7 Å². The molecular weight excluding hydrogens is 510 g/mol. The molecule has 4 fully saturated rings. The van der Waals surface area contributed by atoms with E-state index in [1.54, 1.807) is 17.7 Å². The predicted molar refractivity (Wildman–Crippen MR) is 153 cm³/mol. The van der Waals surface area contributed by atoms with Gasteiger partial charge in [-0.25, -0.2) is 19.9 Å². The minimum Gasteiger partial charge on any atom is -0.378 e. The van der Waals surface area contributed by atoms with Crippen LogP contribution in [0.2, 0.25) is 0 Å². The smallest absolute Gasteiger partial charge is 0.160 e. The van der Waals surface area contributed by atoms with Gasteiger partial charge in [-0.05, 0) is 50.9 Å². The number of anilines is 3. The quantitative estimate of drug-likeness (QED) is 0.365. The molecule has 0 radical (unpaired) electrons. The van der Waals surface area contributed by atoms with Gasteiger partial charge >= 0.3 is 0 Å². The van der Waals surface area contributed by atoms with Crippen molar-refractivity contribution in [3.8, 4) is 0 Å². The average molecular weight is 546 g/mol. The molecule has 1 saturated carbocycles. The van der Waals surface area contributed by atoms with E-state index in [9.17, 15) is 0 Å². The van der Waals surface area contributed by atoms with Crippen LogP contribution >= 0.6 is 11.3 Å². The Morgan fingerprint density at radius 2 is 1.82 bits per heavy atom. The predicted octanol–water partition coefficient (Wildman–Crippen LogP) is 4.24. The third-order valence-corrected chi connectivity index (χ3v) is 10.0. The second kappa shape index (κ2) is 9.26. The number of hydrogen-bond acceptors (Lipinski definition) is 10. The van der Waals surface area contributed by atoms with Crippen LogP contribution < -0.4 is 14.7 Å². The molecule has 4 aliphatic rings. The van der Waals surface area contributed by atoms with Gasteiger partial charge in [-0.15, -0.1) is 0 Å². The summed E-state index contributed by atoms with van der Waals surface area (Å²) in [6.07, 6.45) is 7.65. The number of piperidine rings is 1. The minimum atomic E-state index is 0.128. The van der Waals surface area contributed by atoms with E-state index < -0.39 is 0 Å². The van der Waals surface area contributed by atoms with E-state index in [2.05, 4.69) is 50.2 Å². The molecule has 0 aromatic carbocycles. The average Bonchev–Trinajstić information content (AvgIpc) is 3.30. The molecule has 11 heteroatoms. The van der Waals surface area contributed by atoms with E-state index in [1.807, 2.05) is 0 Å². The molecule has 0 N–H and O–H groups in total. The normalized spacial score (nSPS) is 27.4. The SMILES string of the molecule is Cc1nc2c(N3C(c4cc5nc(N6CCC6)cc(N6CCOCC6)n5n4)CCCC3[C@H]3CC3C)ncnc2s1. The second-order valence-electron chi connectivity index (χ2n) is 11.6. The van der Waals surface area contributed by atoms with Crippen LogP contribution in [-0.4, -0.2) is 75.0 Å². The Hall–Kier alpha value is -3.05. The molecule has 7 heterocycles. The highest BCUT2D eigenvalue weighted by Crippen LogP contribution is 2.50. The molecule has 1 aliphatic carbocycles. The van der Waals surface area contributed by atoms with Gasteiger partial charge in [0.25, 0.3) is 0 Å². The van der Waals surface area contributed by atoms with E-state index >= 15 is 0 Å². The number of thiazole rings is 1. The van der Waals surface area contributed by atoms with Crippen LogP contribution in [0.3, 0.4) is 0 Å². The Labute approximate surface area is 232 Å². The Morgan fingerprint density at radius 1 is 0.974 bits per heavy atom. The highest BCUT2D eigenvalue weighted by Gasteiger charge is 2.47. The van der Waals surface area contributed by atoms with Gasteiger partial charge in [-0.3, -0.25) is 0 Å². The Kier molecular flexibility index (Phi) is 5.65. The number of nitrogens with zero attached hydrogens (tertiary/aromatic N) is 9. The van der Waals surface area contributed by atoms with Crippen LogP contribution in [0.1, 0.15) is 55.8 Å². The number of morpholine rings is 1. The first-order valence-corrected chi connectivity index (χ1v) is 15.3. The molecular formula is C28H35N9OS. The van der Waals surface area contributed by atoms with Crippen molar-refractivity contribution in [2.45, 2.75) is 58.0 Å². The Bertz CT molecular complexity index is 1520. The number of rotatable bonds is 5. The first kappa shape index (κ1) is 23.8. The fourth-order valence-electron chi connectivity index (χ4n) is 6.82. The van der Waals surface area contributed by atoms with Gasteiger partial charge in [0, 0.05) is 44.4 Å². The van der Waals surface area contributed by atoms with Crippen molar-refractivity contribution in [2.24, 2.45) is 11.8 Å². The molecule has 0 spiro atoms. The van der Waals surface area contributed by atoms with Crippen molar-refractivity contribution >= 4 is 44.8 Å². The van der Waals surface area contributed by atoms with Crippen LogP contribution in [0.4, 0.5) is 17.5 Å². The molecule has 8 rings (SSSR count). The number of ether oxygens (including phenoxy) is 1. The summed E-state index contributed by atoms with van der Waals surface area (Å²) in [7, 11) is 0. The molecule has 204 valence electrons. The molecule has 3 saturated heterocycles. The molecule has 3 unspecified atom stereocenters. The Morgan fingerprint density at radius 3 is 2.59 bits per heavy atom. The van der Waals surface area contributed by atoms with Crippen LogP contribution in [0, 0.1) is 18.8 Å². The molecule has 3 aliphatic heterocycles. The monoisotopic (exact) mass is 545 g/mol. The summed E-state index contributed by atoms with van der Waals surface area (Å²) < 4.78 is 7.75. The highest BCUT2D eigenvalue weighted by atomic mass is 32.1. The van der Waals surface area contributed by atoms with Crippen molar-refractivity contribution in [1.29, 1.82) is 0 Å². The number of aromatic nitrogens is 6. The fourth-order valence-corrected chi connectivity index (χ4v) is 7.57. The largest absolute Gasteiger partial charge is 0.378 e. The zero-order valence-electron chi connectivity index (χ0n) is 22.7. The maximum atomic E-state index is 5.67. The summed E-state index contributed by atoms with van der Waals surface area (Å²) in [5.41, 5.74) is 2.94. The summed E-state index contributed by atoms with van der Waals surface area (Å²) in [6, 6.07) is 5.03. The zero-order chi connectivity index (χ0) is 26.1. The van der Waals surface area contributed by atoms with Crippen LogP contribution in [0.25, 0.3) is 16.0 Å². The molecule has 4 aromatic heterocycles. The summed E-state index contributed by atoms with van der Waals surface area (Å²) >= 11 is 1.65. The number of aryl methyl sites for hydroxylation is 1. The lowest BCUT2D eigenvalue weighted by Crippen LogP contribution is -2.44. The third kappa shape index (κ3) is 4.04. The van der Waals surface area contributed by atoms with Gasteiger partial charge in [0.1, 0.15) is 28.3 Å². The summed E-state index contributed by atoms with van der Waals surface area (Å²) in [5.74, 6) is 4.58. The Balaban J connectivity index is 1.26. The van der Waals surface area contributed by atoms with Gasteiger partial charge in [0.05, 0.1) is 30.0 Å². The lowest BCUT2D eigenvalue weighted by molar-refractivity contribution is 0.122. The van der Waals surface area contributed by atoms with Crippen LogP contribution in [0.15, 0.2) is 18.5 Å². The first-order valence-electron chi connectivity index (χ1n) is 14.5. The van der Waals surface area contributed by atoms with Gasteiger partial charge in [0.2, 0.25) is 0 Å². The molecule has 39 heavy (non-hydrogen) atoms. The van der Waals surface area contributed by atoms with Gasteiger partial charge < -0.3 is 19.4 Å². The minimum absolute atomic E-state index is 0.128. The van der Waals surface area contributed by atoms with E-state index in [0.717, 1.165) is 95.9 Å². The molecule has 4 atom stereocenters. The zero-order valence-corrected chi connectivity index (χ0v) is 23.5. The van der Waals surface area contributed by atoms with Gasteiger partial charge in [-0.2, -0.15) is 9.61 Å². The highest BCUT2D eigenvalue weighted by molar-refractivity contribution is 7.18. The maximum Gasteiger partial charge on any atom is 0.160 e. The van der Waals surface area contributed by atoms with Crippen molar-refractivity contribution in [3.63, 3.8) is 0 Å². The lowest BCUT2D eigenvalue weighted by Gasteiger charge is -2.43. The van der Waals surface area contributed by atoms with Gasteiger partial charge in [0.15, 0.2) is 11.5 Å². The maximum absolute atomic E-state index is 5.67. The van der Waals surface area contributed by atoms with E-state index in [4.69, 9.17) is 24.8 Å². The first-order chi connectivity index (χ1) is 19.1. The molecule has 0 bridgehead atoms. The molecule has 4 aromatic rings. The topological polar surface area (TPSA) is 87.8 Å². The second-order valence-corrected chi connectivity index (χ2v) is 12.8. The van der Waals surface area contributed by atoms with Crippen molar-refractivity contribution in [3.05, 3.63) is 29.2 Å². The third-order valence-electron chi connectivity index (χ3n) is 9.13. The fraction of sp³-hybridized carbons (Fsp3) is 0.607. The number of fused-ring (bicyclic) bond motifs is 2. The summed E-state index contributed by atoms with van der Waals surface area (Å²) in [6.45, 7) is 9.80. The van der Waals surface area contributed by atoms with E-state index in [0.29, 0.717) is 12.0 Å². The molecule has 10 nitrogen and oxygen atoms in total. The summed E-state index contributed by atoms with van der Waals surface area (Å²) in [4.78, 5) is 27.8. The van der Waals surface area contributed by atoms with Crippen molar-refractivity contribution < 1.29 is 4.74 Å². The number of hydrogen-bond donors (Lipinski definition) is 0. The summed E-state index contributed by atoms with van der Waals surface area (Å²) in [5, 5.41) is 6.33. The lowest BCUT2D eigenvalue weighted by atomic mass is 9.90. The van der Waals surface area contributed by atoms with Crippen molar-refractivity contribution in [2.75, 3.05) is 54.1 Å². The van der Waals surface area contributed by atoms with Crippen LogP contribution in [-0.2, 0) is 4.74 Å².